The highest BCUT2D eigenvalue weighted by molar-refractivity contribution is 5.85. The van der Waals surface area contributed by atoms with Crippen LogP contribution in [-0.2, 0) is 0 Å². The first-order valence-corrected chi connectivity index (χ1v) is 9.47. The molecule has 1 atom stereocenters. The summed E-state index contributed by atoms with van der Waals surface area (Å²) in [4.78, 5) is 2.36. The Morgan fingerprint density at radius 3 is 1.70 bits per heavy atom. The van der Waals surface area contributed by atoms with Gasteiger partial charge in [-0.3, -0.25) is 0 Å². The number of benzene rings is 1. The average molecular weight is 340 g/mol. The Hall–Kier alpha value is -0.530. The fourth-order valence-electron chi connectivity index (χ4n) is 3.22. The lowest BCUT2D eigenvalue weighted by atomic mass is 9.98. The Labute approximate surface area is 151 Å². The lowest BCUT2D eigenvalue weighted by Crippen LogP contribution is -2.19. The summed E-state index contributed by atoms with van der Waals surface area (Å²) in [6, 6.07) is 11.5. The first kappa shape index (κ1) is 22.5. The molecule has 2 heteroatoms. The lowest BCUT2D eigenvalue weighted by molar-refractivity contribution is 0.276. The van der Waals surface area contributed by atoms with Crippen LogP contribution in [0.3, 0.4) is 0 Å². The minimum atomic E-state index is 0. The zero-order chi connectivity index (χ0) is 16.0. The molecule has 1 aromatic rings. The third-order valence-corrected chi connectivity index (χ3v) is 4.64. The SMILES string of the molecule is CCCCCCCCCCCCC(c1ccccc1)N(C)C.Cl. The summed E-state index contributed by atoms with van der Waals surface area (Å²) >= 11 is 0. The van der Waals surface area contributed by atoms with Gasteiger partial charge in [0, 0.05) is 6.04 Å². The predicted octanol–water partition coefficient (Wildman–Crippen LogP) is 7.02. The molecule has 1 rings (SSSR count). The van der Waals surface area contributed by atoms with Crippen LogP contribution >= 0.6 is 12.4 Å². The van der Waals surface area contributed by atoms with Crippen LogP contribution in [0.4, 0.5) is 0 Å². The Balaban J connectivity index is 0.00000484. The van der Waals surface area contributed by atoms with E-state index in [1.165, 1.54) is 76.2 Å². The van der Waals surface area contributed by atoms with Gasteiger partial charge in [-0.2, -0.15) is 0 Å². The number of hydrogen-bond donors (Lipinski definition) is 0. The summed E-state index contributed by atoms with van der Waals surface area (Å²) in [7, 11) is 4.40. The molecule has 134 valence electrons. The summed E-state index contributed by atoms with van der Waals surface area (Å²) in [5.74, 6) is 0. The van der Waals surface area contributed by atoms with Gasteiger partial charge in [0.1, 0.15) is 0 Å². The molecule has 1 unspecified atom stereocenters. The van der Waals surface area contributed by atoms with E-state index in [0.717, 1.165) is 0 Å². The highest BCUT2D eigenvalue weighted by atomic mass is 35.5. The number of unbranched alkanes of at least 4 members (excludes halogenated alkanes) is 9. The third-order valence-electron chi connectivity index (χ3n) is 4.64. The predicted molar refractivity (Wildman–Crippen MR) is 107 cm³/mol. The molecule has 0 aliphatic heterocycles. The van der Waals surface area contributed by atoms with Crippen LogP contribution in [0.15, 0.2) is 30.3 Å². The molecule has 0 bridgehead atoms. The van der Waals surface area contributed by atoms with E-state index in [4.69, 9.17) is 0 Å². The average Bonchev–Trinajstić information content (AvgIpc) is 2.53. The van der Waals surface area contributed by atoms with Crippen LogP contribution in [0.5, 0.6) is 0 Å². The standard InChI is InChI=1S/C21H37N.ClH/c1-4-5-6-7-8-9-10-11-12-16-19-21(22(2)3)20-17-14-13-15-18-20;/h13-15,17-18,21H,4-12,16,19H2,1-3H3;1H. The molecule has 0 spiro atoms. The number of nitrogens with zero attached hydrogens (tertiary/aromatic N) is 1. The maximum Gasteiger partial charge on any atom is 0.0342 e. The van der Waals surface area contributed by atoms with Gasteiger partial charge in [-0.05, 0) is 26.1 Å². The molecule has 0 heterocycles. The van der Waals surface area contributed by atoms with E-state index in [1.54, 1.807) is 0 Å². The lowest BCUT2D eigenvalue weighted by Gasteiger charge is -2.24. The Bertz CT molecular complexity index is 350. The van der Waals surface area contributed by atoms with Crippen molar-refractivity contribution in [3.63, 3.8) is 0 Å². The molecule has 23 heavy (non-hydrogen) atoms. The molecule has 1 aromatic carbocycles. The number of hydrogen-bond acceptors (Lipinski definition) is 1. The van der Waals surface area contributed by atoms with Gasteiger partial charge < -0.3 is 4.90 Å². The van der Waals surface area contributed by atoms with Crippen molar-refractivity contribution in [2.75, 3.05) is 14.1 Å². The minimum Gasteiger partial charge on any atom is -0.302 e. The fraction of sp³-hybridized carbons (Fsp3) is 0.714. The third kappa shape index (κ3) is 10.8. The van der Waals surface area contributed by atoms with E-state index in [1.807, 2.05) is 0 Å². The van der Waals surface area contributed by atoms with Gasteiger partial charge in [0.05, 0.1) is 0 Å². The largest absolute Gasteiger partial charge is 0.302 e. The van der Waals surface area contributed by atoms with Crippen molar-refractivity contribution in [3.05, 3.63) is 35.9 Å². The molecule has 0 radical (unpaired) electrons. The van der Waals surface area contributed by atoms with Crippen LogP contribution in [0.25, 0.3) is 0 Å². The fourth-order valence-corrected chi connectivity index (χ4v) is 3.22. The van der Waals surface area contributed by atoms with Gasteiger partial charge in [0.15, 0.2) is 0 Å². The molecule has 0 aromatic heterocycles. The van der Waals surface area contributed by atoms with E-state index < -0.39 is 0 Å². The highest BCUT2D eigenvalue weighted by Crippen LogP contribution is 2.24. The van der Waals surface area contributed by atoms with Gasteiger partial charge in [-0.1, -0.05) is 101 Å². The van der Waals surface area contributed by atoms with Gasteiger partial charge in [-0.25, -0.2) is 0 Å². The van der Waals surface area contributed by atoms with Crippen molar-refractivity contribution in [3.8, 4) is 0 Å². The van der Waals surface area contributed by atoms with E-state index in [-0.39, 0.29) is 12.4 Å². The smallest absolute Gasteiger partial charge is 0.0342 e. The van der Waals surface area contributed by atoms with Crippen molar-refractivity contribution in [1.29, 1.82) is 0 Å². The molecule has 0 aliphatic rings. The van der Waals surface area contributed by atoms with E-state index in [9.17, 15) is 0 Å². The summed E-state index contributed by atoms with van der Waals surface area (Å²) in [5, 5.41) is 0. The number of halogens is 1. The molecule has 0 fully saturated rings. The van der Waals surface area contributed by atoms with Gasteiger partial charge in [-0.15, -0.1) is 12.4 Å². The maximum absolute atomic E-state index is 2.36. The van der Waals surface area contributed by atoms with Crippen molar-refractivity contribution in [1.82, 2.24) is 4.90 Å². The second-order valence-corrected chi connectivity index (χ2v) is 6.86. The zero-order valence-corrected chi connectivity index (χ0v) is 16.4. The Kier molecular flexibility index (Phi) is 14.7. The molecular formula is C21H38ClN. The summed E-state index contributed by atoms with van der Waals surface area (Å²) in [6.07, 6.45) is 15.5. The maximum atomic E-state index is 2.36. The van der Waals surface area contributed by atoms with Crippen molar-refractivity contribution >= 4 is 12.4 Å². The quantitative estimate of drug-likeness (QED) is 0.349. The number of rotatable bonds is 13. The first-order valence-electron chi connectivity index (χ1n) is 9.47. The molecule has 0 saturated carbocycles. The van der Waals surface area contributed by atoms with Crippen LogP contribution in [-0.4, -0.2) is 19.0 Å². The second kappa shape index (κ2) is 15.0. The molecular weight excluding hydrogens is 302 g/mol. The van der Waals surface area contributed by atoms with Crippen molar-refractivity contribution in [2.24, 2.45) is 0 Å². The van der Waals surface area contributed by atoms with Crippen LogP contribution < -0.4 is 0 Å². The summed E-state index contributed by atoms with van der Waals surface area (Å²) in [5.41, 5.74) is 1.46. The second-order valence-electron chi connectivity index (χ2n) is 6.86. The first-order chi connectivity index (χ1) is 10.8. The van der Waals surface area contributed by atoms with Crippen molar-refractivity contribution < 1.29 is 0 Å². The van der Waals surface area contributed by atoms with Gasteiger partial charge in [0.2, 0.25) is 0 Å². The normalized spacial score (nSPS) is 12.2. The van der Waals surface area contributed by atoms with E-state index in [0.29, 0.717) is 6.04 Å². The van der Waals surface area contributed by atoms with E-state index in [2.05, 4.69) is 56.3 Å². The van der Waals surface area contributed by atoms with Crippen LogP contribution in [0, 0.1) is 0 Å². The monoisotopic (exact) mass is 339 g/mol. The zero-order valence-electron chi connectivity index (χ0n) is 15.6. The Morgan fingerprint density at radius 1 is 0.739 bits per heavy atom. The molecule has 0 N–H and O–H groups in total. The molecule has 0 saturated heterocycles. The summed E-state index contributed by atoms with van der Waals surface area (Å²) in [6.45, 7) is 2.29. The minimum absolute atomic E-state index is 0. The van der Waals surface area contributed by atoms with Crippen LogP contribution in [0.2, 0.25) is 0 Å². The van der Waals surface area contributed by atoms with Crippen LogP contribution in [0.1, 0.15) is 89.2 Å². The van der Waals surface area contributed by atoms with E-state index >= 15 is 0 Å². The molecule has 0 amide bonds. The molecule has 0 aliphatic carbocycles. The van der Waals surface area contributed by atoms with Gasteiger partial charge in [0.25, 0.3) is 0 Å². The van der Waals surface area contributed by atoms with Crippen molar-refractivity contribution in [2.45, 2.75) is 83.6 Å². The summed E-state index contributed by atoms with van der Waals surface area (Å²) < 4.78 is 0. The highest BCUT2D eigenvalue weighted by Gasteiger charge is 2.12. The Morgan fingerprint density at radius 2 is 1.22 bits per heavy atom. The molecule has 1 nitrogen and oxygen atoms in total. The van der Waals surface area contributed by atoms with Gasteiger partial charge >= 0.3 is 0 Å². The topological polar surface area (TPSA) is 3.24 Å².